The molecule has 0 aliphatic carbocycles. The minimum Gasteiger partial charge on any atom is -0.396 e. The summed E-state index contributed by atoms with van der Waals surface area (Å²) >= 11 is 0. The van der Waals surface area contributed by atoms with Crippen molar-refractivity contribution in [2.45, 2.75) is 19.4 Å². The van der Waals surface area contributed by atoms with Gasteiger partial charge in [0.1, 0.15) is 5.82 Å². The largest absolute Gasteiger partial charge is 0.396 e. The van der Waals surface area contributed by atoms with Crippen molar-refractivity contribution < 1.29 is 9.18 Å². The maximum Gasteiger partial charge on any atom is 0.251 e. The van der Waals surface area contributed by atoms with Gasteiger partial charge in [0.25, 0.3) is 5.91 Å². The van der Waals surface area contributed by atoms with E-state index in [-0.39, 0.29) is 17.6 Å². The molecule has 0 radical (unpaired) electrons. The molecule has 2 aromatic carbocycles. The predicted molar refractivity (Wildman–Crippen MR) is 77.8 cm³/mol. The maximum atomic E-state index is 13.1. The number of hydrogen-bond acceptors (Lipinski definition) is 2. The van der Waals surface area contributed by atoms with Crippen LogP contribution >= 0.6 is 0 Å². The van der Waals surface area contributed by atoms with E-state index in [0.29, 0.717) is 5.56 Å². The van der Waals surface area contributed by atoms with Gasteiger partial charge < -0.3 is 11.1 Å². The van der Waals surface area contributed by atoms with Crippen LogP contribution in [0.4, 0.5) is 10.1 Å². The first-order chi connectivity index (χ1) is 9.61. The van der Waals surface area contributed by atoms with Crippen LogP contribution in [0.15, 0.2) is 48.5 Å². The number of carbonyl (C=O) groups is 1. The topological polar surface area (TPSA) is 55.1 Å². The summed E-state index contributed by atoms with van der Waals surface area (Å²) in [4.78, 5) is 12.2. The summed E-state index contributed by atoms with van der Waals surface area (Å²) in [5, 5.41) is 2.93. The zero-order valence-corrected chi connectivity index (χ0v) is 11.3. The highest BCUT2D eigenvalue weighted by Gasteiger charge is 2.14. The molecular weight excluding hydrogens is 255 g/mol. The van der Waals surface area contributed by atoms with Crippen LogP contribution < -0.4 is 11.1 Å². The van der Waals surface area contributed by atoms with Gasteiger partial charge >= 0.3 is 0 Å². The van der Waals surface area contributed by atoms with Crippen molar-refractivity contribution in [3.8, 4) is 0 Å². The molecule has 1 amide bonds. The van der Waals surface area contributed by atoms with Gasteiger partial charge in [-0.25, -0.2) is 4.39 Å². The van der Waals surface area contributed by atoms with Gasteiger partial charge in [0.15, 0.2) is 0 Å². The fourth-order valence-corrected chi connectivity index (χ4v) is 2.03. The van der Waals surface area contributed by atoms with Crippen LogP contribution in [0.1, 0.15) is 35.3 Å². The Morgan fingerprint density at radius 1 is 1.25 bits per heavy atom. The highest BCUT2D eigenvalue weighted by Crippen LogP contribution is 2.18. The SMILES string of the molecule is CCC(NC(=O)c1ccc(F)c(N)c1)c1ccccc1. The number of hydrogen-bond donors (Lipinski definition) is 2. The minimum absolute atomic E-state index is 0.0228. The molecule has 0 aromatic heterocycles. The molecule has 0 aliphatic rings. The average molecular weight is 272 g/mol. The summed E-state index contributed by atoms with van der Waals surface area (Å²) in [5.74, 6) is -0.774. The van der Waals surface area contributed by atoms with E-state index < -0.39 is 5.82 Å². The second kappa shape index (κ2) is 6.19. The van der Waals surface area contributed by atoms with Crippen LogP contribution in [0.3, 0.4) is 0 Å². The van der Waals surface area contributed by atoms with Crippen molar-refractivity contribution in [2.75, 3.05) is 5.73 Å². The molecule has 2 rings (SSSR count). The number of nitrogens with one attached hydrogen (secondary N) is 1. The van der Waals surface area contributed by atoms with Gasteiger partial charge in [-0.3, -0.25) is 4.79 Å². The number of benzene rings is 2. The Morgan fingerprint density at radius 3 is 2.55 bits per heavy atom. The van der Waals surface area contributed by atoms with E-state index in [4.69, 9.17) is 5.73 Å². The highest BCUT2D eigenvalue weighted by molar-refractivity contribution is 5.95. The van der Waals surface area contributed by atoms with Crippen molar-refractivity contribution in [3.63, 3.8) is 0 Å². The Morgan fingerprint density at radius 2 is 1.95 bits per heavy atom. The highest BCUT2D eigenvalue weighted by atomic mass is 19.1. The van der Waals surface area contributed by atoms with E-state index in [9.17, 15) is 9.18 Å². The lowest BCUT2D eigenvalue weighted by molar-refractivity contribution is 0.0935. The van der Waals surface area contributed by atoms with Crippen molar-refractivity contribution >= 4 is 11.6 Å². The van der Waals surface area contributed by atoms with Crippen LogP contribution in [0, 0.1) is 5.82 Å². The molecule has 3 N–H and O–H groups in total. The van der Waals surface area contributed by atoms with Gasteiger partial charge in [0.2, 0.25) is 0 Å². The first-order valence-electron chi connectivity index (χ1n) is 6.52. The van der Waals surface area contributed by atoms with E-state index in [1.54, 1.807) is 0 Å². The zero-order chi connectivity index (χ0) is 14.5. The van der Waals surface area contributed by atoms with Crippen molar-refractivity contribution in [1.29, 1.82) is 0 Å². The van der Waals surface area contributed by atoms with Crippen LogP contribution in [0.5, 0.6) is 0 Å². The Labute approximate surface area is 117 Å². The summed E-state index contributed by atoms with van der Waals surface area (Å²) < 4.78 is 13.1. The lowest BCUT2D eigenvalue weighted by Gasteiger charge is -2.17. The van der Waals surface area contributed by atoms with E-state index in [2.05, 4.69) is 5.32 Å². The predicted octanol–water partition coefficient (Wildman–Crippen LogP) is 3.29. The van der Waals surface area contributed by atoms with Crippen LogP contribution in [0.25, 0.3) is 0 Å². The zero-order valence-electron chi connectivity index (χ0n) is 11.3. The van der Waals surface area contributed by atoms with Crippen LogP contribution in [-0.4, -0.2) is 5.91 Å². The van der Waals surface area contributed by atoms with E-state index in [1.807, 2.05) is 37.3 Å². The van der Waals surface area contributed by atoms with Crippen molar-refractivity contribution in [1.82, 2.24) is 5.32 Å². The first-order valence-corrected chi connectivity index (χ1v) is 6.52. The third-order valence-electron chi connectivity index (χ3n) is 3.17. The molecule has 0 bridgehead atoms. The molecule has 0 aliphatic heterocycles. The summed E-state index contributed by atoms with van der Waals surface area (Å²) in [7, 11) is 0. The normalized spacial score (nSPS) is 11.9. The standard InChI is InChI=1S/C16H17FN2O/c1-2-15(11-6-4-3-5-7-11)19-16(20)12-8-9-13(17)14(18)10-12/h3-10,15H,2,18H2,1H3,(H,19,20). The maximum absolute atomic E-state index is 13.1. The summed E-state index contributed by atoms with van der Waals surface area (Å²) in [5.41, 5.74) is 6.85. The van der Waals surface area contributed by atoms with E-state index in [1.165, 1.54) is 18.2 Å². The molecule has 0 spiro atoms. The van der Waals surface area contributed by atoms with E-state index in [0.717, 1.165) is 12.0 Å². The summed E-state index contributed by atoms with van der Waals surface area (Å²) in [6.07, 6.45) is 0.770. The van der Waals surface area contributed by atoms with Crippen LogP contribution in [0.2, 0.25) is 0 Å². The number of carbonyl (C=O) groups excluding carboxylic acids is 1. The number of nitrogens with two attached hydrogens (primary N) is 1. The molecule has 0 heterocycles. The molecule has 104 valence electrons. The number of anilines is 1. The monoisotopic (exact) mass is 272 g/mol. The Hall–Kier alpha value is -2.36. The second-order valence-corrected chi connectivity index (χ2v) is 4.58. The Bertz CT molecular complexity index is 599. The molecule has 1 atom stereocenters. The second-order valence-electron chi connectivity index (χ2n) is 4.58. The molecule has 3 nitrogen and oxygen atoms in total. The number of halogens is 1. The fraction of sp³-hybridized carbons (Fsp3) is 0.188. The first kappa shape index (κ1) is 14.1. The molecule has 20 heavy (non-hydrogen) atoms. The van der Waals surface area contributed by atoms with E-state index >= 15 is 0 Å². The molecule has 0 saturated heterocycles. The average Bonchev–Trinajstić information content (AvgIpc) is 2.48. The quantitative estimate of drug-likeness (QED) is 0.839. The van der Waals surface area contributed by atoms with Gasteiger partial charge in [0, 0.05) is 5.56 Å². The lowest BCUT2D eigenvalue weighted by atomic mass is 10.0. The number of rotatable bonds is 4. The molecule has 1 unspecified atom stereocenters. The van der Waals surface area contributed by atoms with Gasteiger partial charge in [-0.2, -0.15) is 0 Å². The number of nitrogen functional groups attached to an aromatic ring is 1. The summed E-state index contributed by atoms with van der Waals surface area (Å²) in [6, 6.07) is 13.6. The lowest BCUT2D eigenvalue weighted by Crippen LogP contribution is -2.28. The molecular formula is C16H17FN2O. The van der Waals surface area contributed by atoms with Gasteiger partial charge in [0.05, 0.1) is 11.7 Å². The molecule has 0 fully saturated rings. The number of amides is 1. The molecule has 0 saturated carbocycles. The smallest absolute Gasteiger partial charge is 0.251 e. The van der Waals surface area contributed by atoms with Crippen molar-refractivity contribution in [3.05, 3.63) is 65.5 Å². The summed E-state index contributed by atoms with van der Waals surface area (Å²) in [6.45, 7) is 2.00. The molecule has 2 aromatic rings. The Kier molecular flexibility index (Phi) is 4.35. The third kappa shape index (κ3) is 3.15. The molecule has 4 heteroatoms. The van der Waals surface area contributed by atoms with Gasteiger partial charge in [-0.1, -0.05) is 37.3 Å². The van der Waals surface area contributed by atoms with Gasteiger partial charge in [-0.15, -0.1) is 0 Å². The fourth-order valence-electron chi connectivity index (χ4n) is 2.03. The van der Waals surface area contributed by atoms with Crippen molar-refractivity contribution in [2.24, 2.45) is 0 Å². The van der Waals surface area contributed by atoms with Gasteiger partial charge in [-0.05, 0) is 30.2 Å². The Balaban J connectivity index is 2.15. The minimum atomic E-state index is -0.517. The third-order valence-corrected chi connectivity index (χ3v) is 3.17. The van der Waals surface area contributed by atoms with Crippen LogP contribution in [-0.2, 0) is 0 Å².